The van der Waals surface area contributed by atoms with Crippen LogP contribution in [-0.2, 0) is 14.9 Å². The van der Waals surface area contributed by atoms with E-state index >= 15 is 0 Å². The number of hydrogen-bond acceptors (Lipinski definition) is 7. The van der Waals surface area contributed by atoms with Crippen molar-refractivity contribution in [3.8, 4) is 0 Å². The van der Waals surface area contributed by atoms with Gasteiger partial charge in [-0.1, -0.05) is 73.8 Å². The number of unbranched alkanes of at least 4 members (excludes halogenated alkanes) is 1. The first-order valence-corrected chi connectivity index (χ1v) is 13.2. The fraction of sp³-hybridized carbons (Fsp3) is 0.304. The number of benzene rings is 1. The van der Waals surface area contributed by atoms with Gasteiger partial charge in [-0.2, -0.15) is 0 Å². The predicted molar refractivity (Wildman–Crippen MR) is 134 cm³/mol. The Labute approximate surface area is 227 Å². The molecule has 10 heteroatoms. The molecular formula is C23H25N2NaO4S3. The Morgan fingerprint density at radius 1 is 1.12 bits per heavy atom. The van der Waals surface area contributed by atoms with Crippen molar-refractivity contribution in [3.63, 3.8) is 0 Å². The summed E-state index contributed by atoms with van der Waals surface area (Å²) in [4.78, 5) is 16.7. The summed E-state index contributed by atoms with van der Waals surface area (Å²) < 4.78 is 33.2. The van der Waals surface area contributed by atoms with Crippen LogP contribution in [0.2, 0.25) is 0 Å². The fourth-order valence-corrected chi connectivity index (χ4v) is 5.13. The summed E-state index contributed by atoms with van der Waals surface area (Å²) in [7, 11) is -4.21. The SMILES string of the molecule is CCCCN1C(=O)\C(=C/C=C/C=C2\C=CN(CCCS(=O)(=O)[O-])c3ccccc32)SC1=S.[Na+]. The number of amides is 1. The summed E-state index contributed by atoms with van der Waals surface area (Å²) in [6.07, 6.45) is 13.5. The molecule has 0 radical (unpaired) electrons. The molecule has 170 valence electrons. The zero-order valence-corrected chi connectivity index (χ0v) is 23.2. The normalized spacial score (nSPS) is 18.5. The minimum atomic E-state index is -4.21. The van der Waals surface area contributed by atoms with Gasteiger partial charge in [0.15, 0.2) is 0 Å². The summed E-state index contributed by atoms with van der Waals surface area (Å²) in [6, 6.07) is 7.82. The summed E-state index contributed by atoms with van der Waals surface area (Å²) in [5.74, 6) is -0.417. The van der Waals surface area contributed by atoms with Crippen molar-refractivity contribution in [2.75, 3.05) is 23.7 Å². The molecule has 0 unspecified atom stereocenters. The Bertz CT molecular complexity index is 1110. The molecule has 0 N–H and O–H groups in total. The van der Waals surface area contributed by atoms with Gasteiger partial charge < -0.3 is 9.45 Å². The molecule has 0 spiro atoms. The number of carbonyl (C=O) groups is 1. The molecule has 1 amide bonds. The molecule has 3 rings (SSSR count). The van der Waals surface area contributed by atoms with E-state index in [0.717, 1.165) is 29.7 Å². The van der Waals surface area contributed by atoms with Gasteiger partial charge in [-0.05, 0) is 36.6 Å². The molecule has 2 aliphatic heterocycles. The number of para-hydroxylation sites is 1. The zero-order valence-electron chi connectivity index (χ0n) is 18.8. The molecular weight excluding hydrogens is 487 g/mol. The second-order valence-electron chi connectivity index (χ2n) is 7.36. The number of thiocarbonyl (C=S) groups is 1. The largest absolute Gasteiger partial charge is 1.00 e. The molecule has 1 aromatic rings. The number of rotatable bonds is 9. The second-order valence-corrected chi connectivity index (χ2v) is 10.6. The van der Waals surface area contributed by atoms with Crippen LogP contribution >= 0.6 is 24.0 Å². The summed E-state index contributed by atoms with van der Waals surface area (Å²) in [5, 5.41) is 0. The average Bonchev–Trinajstić information content (AvgIpc) is 3.02. The van der Waals surface area contributed by atoms with E-state index in [2.05, 4.69) is 6.92 Å². The van der Waals surface area contributed by atoms with Crippen LogP contribution in [0.5, 0.6) is 0 Å². The van der Waals surface area contributed by atoms with E-state index in [1.54, 1.807) is 11.0 Å². The number of nitrogens with zero attached hydrogens (tertiary/aromatic N) is 2. The molecule has 0 atom stereocenters. The maximum Gasteiger partial charge on any atom is 1.00 e. The van der Waals surface area contributed by atoms with Gasteiger partial charge in [0.05, 0.1) is 15.0 Å². The molecule has 6 nitrogen and oxygen atoms in total. The van der Waals surface area contributed by atoms with Crippen LogP contribution in [-0.4, -0.2) is 46.9 Å². The van der Waals surface area contributed by atoms with Crippen LogP contribution in [0.1, 0.15) is 31.7 Å². The van der Waals surface area contributed by atoms with E-state index in [1.165, 1.54) is 11.8 Å². The van der Waals surface area contributed by atoms with Crippen LogP contribution in [0.3, 0.4) is 0 Å². The van der Waals surface area contributed by atoms with Crippen molar-refractivity contribution in [1.29, 1.82) is 0 Å². The summed E-state index contributed by atoms with van der Waals surface area (Å²) in [5.41, 5.74) is 2.96. The maximum atomic E-state index is 12.5. The van der Waals surface area contributed by atoms with Gasteiger partial charge in [0, 0.05) is 36.3 Å². The Balaban J connectivity index is 0.00000385. The van der Waals surface area contributed by atoms with Gasteiger partial charge in [-0.3, -0.25) is 9.69 Å². The molecule has 0 bridgehead atoms. The second kappa shape index (κ2) is 13.0. The minimum Gasteiger partial charge on any atom is -0.748 e. The van der Waals surface area contributed by atoms with Crippen LogP contribution < -0.4 is 34.5 Å². The fourth-order valence-electron chi connectivity index (χ4n) is 3.39. The monoisotopic (exact) mass is 512 g/mol. The molecule has 0 saturated carbocycles. The third-order valence-electron chi connectivity index (χ3n) is 5.00. The summed E-state index contributed by atoms with van der Waals surface area (Å²) in [6.45, 7) is 3.18. The number of carbonyl (C=O) groups excluding carboxylic acids is 1. The molecule has 1 fully saturated rings. The van der Waals surface area contributed by atoms with E-state index in [-0.39, 0.29) is 47.6 Å². The van der Waals surface area contributed by atoms with Crippen LogP contribution in [0.4, 0.5) is 5.69 Å². The first-order chi connectivity index (χ1) is 15.3. The van der Waals surface area contributed by atoms with E-state index in [9.17, 15) is 17.8 Å². The average molecular weight is 513 g/mol. The van der Waals surface area contributed by atoms with Crippen molar-refractivity contribution in [2.45, 2.75) is 26.2 Å². The molecule has 1 saturated heterocycles. The Morgan fingerprint density at radius 2 is 1.85 bits per heavy atom. The Hall–Kier alpha value is -1.20. The maximum absolute atomic E-state index is 12.5. The van der Waals surface area contributed by atoms with Gasteiger partial charge in [-0.25, -0.2) is 8.42 Å². The first-order valence-electron chi connectivity index (χ1n) is 10.4. The van der Waals surface area contributed by atoms with Crippen molar-refractivity contribution >= 4 is 55.6 Å². The molecule has 1 aromatic carbocycles. The zero-order chi connectivity index (χ0) is 23.1. The van der Waals surface area contributed by atoms with Gasteiger partial charge in [0.1, 0.15) is 4.32 Å². The summed E-state index contributed by atoms with van der Waals surface area (Å²) >= 11 is 6.65. The van der Waals surface area contributed by atoms with Gasteiger partial charge in [-0.15, -0.1) is 0 Å². The third-order valence-corrected chi connectivity index (χ3v) is 7.18. The van der Waals surface area contributed by atoms with Crippen molar-refractivity contribution in [3.05, 3.63) is 71.3 Å². The number of fused-ring (bicyclic) bond motifs is 1. The molecule has 0 aromatic heterocycles. The standard InChI is InChI=1S/C23H26N2O4S3.Na/c1-2-3-15-25-22(26)21(31-23(25)30)12-7-4-9-18-13-16-24(14-8-17-32(27,28)29)20-11-6-5-10-19(18)20;/h4-7,9-13,16H,2-3,8,14-15,17H2,1H3,(H,27,28,29);/q;+1/p-1/b7-4+,18-9+,21-12+;. The van der Waals surface area contributed by atoms with Crippen LogP contribution in [0, 0.1) is 0 Å². The number of hydrogen-bond donors (Lipinski definition) is 0. The number of anilines is 1. The first kappa shape index (κ1) is 28.0. The number of allylic oxidation sites excluding steroid dienone is 6. The van der Waals surface area contributed by atoms with E-state index < -0.39 is 10.1 Å². The van der Waals surface area contributed by atoms with Crippen LogP contribution in [0.25, 0.3) is 5.57 Å². The quantitative estimate of drug-likeness (QED) is 0.214. The Morgan fingerprint density at radius 3 is 2.58 bits per heavy atom. The molecule has 0 aliphatic carbocycles. The number of thioether (sulfide) groups is 1. The van der Waals surface area contributed by atoms with Crippen molar-refractivity contribution in [1.82, 2.24) is 4.90 Å². The molecule has 2 heterocycles. The molecule has 2 aliphatic rings. The van der Waals surface area contributed by atoms with Gasteiger partial charge in [0.2, 0.25) is 0 Å². The Kier molecular flexibility index (Phi) is 11.1. The predicted octanol–water partition coefficient (Wildman–Crippen LogP) is 1.44. The van der Waals surface area contributed by atoms with Gasteiger partial charge >= 0.3 is 29.6 Å². The van der Waals surface area contributed by atoms with Gasteiger partial charge in [0.25, 0.3) is 5.91 Å². The topological polar surface area (TPSA) is 80.8 Å². The van der Waals surface area contributed by atoms with Crippen molar-refractivity contribution in [2.24, 2.45) is 0 Å². The van der Waals surface area contributed by atoms with E-state index in [1.807, 2.05) is 59.7 Å². The minimum absolute atomic E-state index is 0. The molecule has 33 heavy (non-hydrogen) atoms. The van der Waals surface area contributed by atoms with Crippen LogP contribution in [0.15, 0.2) is 65.8 Å². The smallest absolute Gasteiger partial charge is 0.748 e. The third kappa shape index (κ3) is 7.92. The van der Waals surface area contributed by atoms with E-state index in [4.69, 9.17) is 12.2 Å². The van der Waals surface area contributed by atoms with Crippen molar-refractivity contribution < 1.29 is 47.3 Å². The van der Waals surface area contributed by atoms with E-state index in [0.29, 0.717) is 22.3 Å².